The van der Waals surface area contributed by atoms with Gasteiger partial charge in [0.15, 0.2) is 0 Å². The van der Waals surface area contributed by atoms with Crippen molar-refractivity contribution in [3.8, 4) is 11.4 Å². The van der Waals surface area contributed by atoms with Crippen LogP contribution in [0.4, 0.5) is 18.9 Å². The Balaban J connectivity index is 1.52. The Labute approximate surface area is 190 Å². The molecule has 4 rings (SSSR count). The van der Waals surface area contributed by atoms with Crippen LogP contribution in [0.25, 0.3) is 11.4 Å². The Morgan fingerprint density at radius 2 is 1.94 bits per heavy atom. The zero-order valence-electron chi connectivity index (χ0n) is 17.4. The molecule has 0 radical (unpaired) electrons. The summed E-state index contributed by atoms with van der Waals surface area (Å²) in [6, 6.07) is 8.71. The Bertz CT molecular complexity index is 1290. The van der Waals surface area contributed by atoms with Crippen LogP contribution in [-0.2, 0) is 11.0 Å². The number of nitrogens with zero attached hydrogens (tertiary/aromatic N) is 7. The minimum absolute atomic E-state index is 0.0466. The van der Waals surface area contributed by atoms with Crippen LogP contribution in [0.2, 0.25) is 0 Å². The number of aryl methyl sites for hydroxylation is 2. The average molecular weight is 474 g/mol. The Morgan fingerprint density at radius 1 is 1.12 bits per heavy atom. The lowest BCUT2D eigenvalue weighted by molar-refractivity contribution is -0.137. The number of nitrogens with one attached hydrogen (secondary N) is 1. The van der Waals surface area contributed by atoms with E-state index < -0.39 is 17.6 Å². The molecule has 0 atom stereocenters. The first-order valence-electron chi connectivity index (χ1n) is 9.57. The molecule has 4 aromatic rings. The predicted octanol–water partition coefficient (Wildman–Crippen LogP) is 3.61. The fraction of sp³-hybridized carbons (Fsp3) is 0.200. The molecule has 0 unspecified atom stereocenters. The molecule has 170 valence electrons. The summed E-state index contributed by atoms with van der Waals surface area (Å²) in [6.07, 6.45) is -2.00. The normalized spacial score (nSPS) is 11.5. The number of benzene rings is 2. The van der Waals surface area contributed by atoms with Gasteiger partial charge < -0.3 is 5.32 Å². The quantitative estimate of drug-likeness (QED) is 0.426. The summed E-state index contributed by atoms with van der Waals surface area (Å²) < 4.78 is 42.3. The van der Waals surface area contributed by atoms with Crippen molar-refractivity contribution in [3.63, 3.8) is 0 Å². The topological polar surface area (TPSA) is 103 Å². The molecule has 0 fully saturated rings. The molecule has 0 aliphatic heterocycles. The van der Waals surface area contributed by atoms with Crippen molar-refractivity contribution >= 4 is 23.4 Å². The lowest BCUT2D eigenvalue weighted by atomic mass is 10.1. The third-order valence-electron chi connectivity index (χ3n) is 4.77. The molecule has 33 heavy (non-hydrogen) atoms. The summed E-state index contributed by atoms with van der Waals surface area (Å²) in [5, 5.41) is 18.4. The van der Waals surface area contributed by atoms with Gasteiger partial charge in [-0.05, 0) is 65.7 Å². The first-order valence-corrected chi connectivity index (χ1v) is 10.6. The molecule has 1 N–H and O–H groups in total. The Kier molecular flexibility index (Phi) is 6.14. The van der Waals surface area contributed by atoms with Gasteiger partial charge in [0.05, 0.1) is 28.4 Å². The van der Waals surface area contributed by atoms with E-state index in [1.807, 2.05) is 32.0 Å². The molecule has 0 saturated heterocycles. The zero-order valence-corrected chi connectivity index (χ0v) is 18.2. The van der Waals surface area contributed by atoms with Crippen molar-refractivity contribution in [3.05, 3.63) is 65.7 Å². The number of amides is 1. The van der Waals surface area contributed by atoms with Gasteiger partial charge in [0.25, 0.3) is 0 Å². The standard InChI is InChI=1S/C20H17F3N8OS/c1-12-3-5-15(7-13(12)2)31-19(27-28-29-31)33-9-18(32)26-16-8-14(20(21,22)23)4-6-17(16)30-11-24-10-25-30/h3-8,10-11H,9H2,1-2H3,(H,26,32). The van der Waals surface area contributed by atoms with Gasteiger partial charge in [-0.25, -0.2) is 9.67 Å². The summed E-state index contributed by atoms with van der Waals surface area (Å²) in [5.41, 5.74) is 2.21. The van der Waals surface area contributed by atoms with Crippen molar-refractivity contribution in [1.82, 2.24) is 35.0 Å². The molecule has 2 aromatic carbocycles. The number of rotatable bonds is 6. The van der Waals surface area contributed by atoms with E-state index in [2.05, 4.69) is 30.9 Å². The first kappa shape index (κ1) is 22.5. The number of carbonyl (C=O) groups excluding carboxylic acids is 1. The average Bonchev–Trinajstić information content (AvgIpc) is 3.46. The van der Waals surface area contributed by atoms with Gasteiger partial charge in [0.1, 0.15) is 12.7 Å². The number of hydrogen-bond acceptors (Lipinski definition) is 7. The van der Waals surface area contributed by atoms with Crippen LogP contribution < -0.4 is 5.32 Å². The number of tetrazole rings is 1. The highest BCUT2D eigenvalue weighted by Gasteiger charge is 2.31. The van der Waals surface area contributed by atoms with E-state index >= 15 is 0 Å². The van der Waals surface area contributed by atoms with Crippen LogP contribution in [0.1, 0.15) is 16.7 Å². The van der Waals surface area contributed by atoms with Crippen LogP contribution in [0.5, 0.6) is 0 Å². The number of aromatic nitrogens is 7. The van der Waals surface area contributed by atoms with Gasteiger partial charge in [0.2, 0.25) is 11.1 Å². The molecule has 13 heteroatoms. The molecule has 0 aliphatic carbocycles. The molecule has 0 aliphatic rings. The van der Waals surface area contributed by atoms with Crippen LogP contribution in [0.3, 0.4) is 0 Å². The van der Waals surface area contributed by atoms with Gasteiger partial charge in [-0.1, -0.05) is 17.8 Å². The second kappa shape index (κ2) is 9.02. The smallest absolute Gasteiger partial charge is 0.323 e. The van der Waals surface area contributed by atoms with Gasteiger partial charge >= 0.3 is 6.18 Å². The Hall–Kier alpha value is -3.74. The van der Waals surface area contributed by atoms with Crippen LogP contribution in [-0.4, -0.2) is 46.6 Å². The molecule has 2 heterocycles. The zero-order chi connectivity index (χ0) is 23.6. The molecule has 9 nitrogen and oxygen atoms in total. The van der Waals surface area contributed by atoms with E-state index in [4.69, 9.17) is 0 Å². The fourth-order valence-corrected chi connectivity index (χ4v) is 3.64. The summed E-state index contributed by atoms with van der Waals surface area (Å²) >= 11 is 1.06. The van der Waals surface area contributed by atoms with Gasteiger partial charge in [0, 0.05) is 0 Å². The van der Waals surface area contributed by atoms with Crippen molar-refractivity contribution in [2.75, 3.05) is 11.1 Å². The highest BCUT2D eigenvalue weighted by molar-refractivity contribution is 7.99. The van der Waals surface area contributed by atoms with Crippen molar-refractivity contribution in [1.29, 1.82) is 0 Å². The lowest BCUT2D eigenvalue weighted by Crippen LogP contribution is -2.17. The van der Waals surface area contributed by atoms with Crippen molar-refractivity contribution in [2.45, 2.75) is 25.2 Å². The minimum atomic E-state index is -4.57. The van der Waals surface area contributed by atoms with E-state index in [1.165, 1.54) is 28.1 Å². The van der Waals surface area contributed by atoms with Crippen LogP contribution in [0, 0.1) is 13.8 Å². The maximum absolute atomic E-state index is 13.2. The van der Waals surface area contributed by atoms with Crippen molar-refractivity contribution < 1.29 is 18.0 Å². The monoisotopic (exact) mass is 474 g/mol. The molecular formula is C20H17F3N8OS. The lowest BCUT2D eigenvalue weighted by Gasteiger charge is -2.14. The van der Waals surface area contributed by atoms with Crippen molar-refractivity contribution in [2.24, 2.45) is 0 Å². The van der Waals surface area contributed by atoms with E-state index in [-0.39, 0.29) is 17.1 Å². The number of anilines is 1. The van der Waals surface area contributed by atoms with E-state index in [9.17, 15) is 18.0 Å². The SMILES string of the molecule is Cc1ccc(-n2nnnc2SCC(=O)Nc2cc(C(F)(F)F)ccc2-n2cncn2)cc1C. The maximum atomic E-state index is 13.2. The molecule has 1 amide bonds. The molecule has 0 bridgehead atoms. The maximum Gasteiger partial charge on any atom is 0.416 e. The summed E-state index contributed by atoms with van der Waals surface area (Å²) in [5.74, 6) is -0.659. The minimum Gasteiger partial charge on any atom is -0.323 e. The highest BCUT2D eigenvalue weighted by atomic mass is 32.2. The van der Waals surface area contributed by atoms with E-state index in [0.717, 1.165) is 40.7 Å². The summed E-state index contributed by atoms with van der Waals surface area (Å²) in [7, 11) is 0. The molecule has 0 saturated carbocycles. The van der Waals surface area contributed by atoms with Gasteiger partial charge in [-0.2, -0.15) is 23.0 Å². The first-order chi connectivity index (χ1) is 15.7. The summed E-state index contributed by atoms with van der Waals surface area (Å²) in [4.78, 5) is 16.4. The van der Waals surface area contributed by atoms with E-state index in [1.54, 1.807) is 0 Å². The largest absolute Gasteiger partial charge is 0.416 e. The molecule has 2 aromatic heterocycles. The Morgan fingerprint density at radius 3 is 2.64 bits per heavy atom. The summed E-state index contributed by atoms with van der Waals surface area (Å²) in [6.45, 7) is 3.95. The number of hydrogen-bond donors (Lipinski definition) is 1. The van der Waals surface area contributed by atoms with Gasteiger partial charge in [-0.15, -0.1) is 5.10 Å². The second-order valence-corrected chi connectivity index (χ2v) is 7.99. The van der Waals surface area contributed by atoms with E-state index in [0.29, 0.717) is 5.16 Å². The number of alkyl halides is 3. The third-order valence-corrected chi connectivity index (χ3v) is 5.69. The fourth-order valence-electron chi connectivity index (χ4n) is 2.95. The number of thioether (sulfide) groups is 1. The van der Waals surface area contributed by atoms with Crippen LogP contribution in [0.15, 0.2) is 54.2 Å². The third kappa shape index (κ3) is 5.03. The number of carbonyl (C=O) groups is 1. The second-order valence-electron chi connectivity index (χ2n) is 7.05. The van der Waals surface area contributed by atoms with Gasteiger partial charge in [-0.3, -0.25) is 4.79 Å². The highest BCUT2D eigenvalue weighted by Crippen LogP contribution is 2.33. The molecule has 0 spiro atoms. The molecular weight excluding hydrogens is 457 g/mol. The van der Waals surface area contributed by atoms with Crippen LogP contribution >= 0.6 is 11.8 Å². The predicted molar refractivity (Wildman–Crippen MR) is 114 cm³/mol. The number of halogens is 3.